The Hall–Kier alpha value is -3.11. The quantitative estimate of drug-likeness (QED) is 0.389. The van der Waals surface area contributed by atoms with Crippen LogP contribution >= 0.6 is 11.6 Å². The zero-order valence-electron chi connectivity index (χ0n) is 17.4. The average Bonchev–Trinajstić information content (AvgIpc) is 3.12. The molecule has 0 bridgehead atoms. The SMILES string of the molecule is Cc1ccc(Cl)c(-c2nc3cc(NC(=O)c4ccc(C(C)(C)C)cc4)ccc3o2)c1. The third kappa shape index (κ3) is 4.10. The molecule has 0 radical (unpaired) electrons. The Balaban J connectivity index is 1.58. The number of anilines is 1. The molecule has 4 nitrogen and oxygen atoms in total. The first kappa shape index (κ1) is 20.2. The van der Waals surface area contributed by atoms with Crippen LogP contribution in [0.25, 0.3) is 22.6 Å². The van der Waals surface area contributed by atoms with E-state index in [0.29, 0.717) is 33.3 Å². The summed E-state index contributed by atoms with van der Waals surface area (Å²) in [5.74, 6) is 0.292. The molecule has 0 atom stereocenters. The standard InChI is InChI=1S/C25H23ClN2O2/c1-15-5-11-20(26)19(13-15)24-28-21-14-18(10-12-22(21)30-24)27-23(29)16-6-8-17(9-7-16)25(2,3)4/h5-14H,1-4H3,(H,27,29). The number of fused-ring (bicyclic) bond motifs is 1. The summed E-state index contributed by atoms with van der Waals surface area (Å²) in [6.45, 7) is 8.43. The summed E-state index contributed by atoms with van der Waals surface area (Å²) in [6, 6.07) is 18.8. The molecule has 0 aliphatic carbocycles. The van der Waals surface area contributed by atoms with E-state index in [2.05, 4.69) is 31.1 Å². The van der Waals surface area contributed by atoms with Crippen molar-refractivity contribution in [2.75, 3.05) is 5.32 Å². The fourth-order valence-corrected chi connectivity index (χ4v) is 3.45. The highest BCUT2D eigenvalue weighted by Crippen LogP contribution is 2.31. The van der Waals surface area contributed by atoms with Gasteiger partial charge in [-0.05, 0) is 60.4 Å². The molecule has 30 heavy (non-hydrogen) atoms. The number of rotatable bonds is 3. The Morgan fingerprint density at radius 2 is 1.73 bits per heavy atom. The van der Waals surface area contributed by atoms with Gasteiger partial charge in [-0.25, -0.2) is 4.98 Å². The lowest BCUT2D eigenvalue weighted by molar-refractivity contribution is 0.102. The predicted octanol–water partition coefficient (Wildman–Crippen LogP) is 7.01. The average molecular weight is 419 g/mol. The Morgan fingerprint density at radius 1 is 1.00 bits per heavy atom. The van der Waals surface area contributed by atoms with Gasteiger partial charge >= 0.3 is 0 Å². The summed E-state index contributed by atoms with van der Waals surface area (Å²) in [5.41, 5.74) is 5.60. The molecule has 0 unspecified atom stereocenters. The van der Waals surface area contributed by atoms with Crippen molar-refractivity contribution < 1.29 is 9.21 Å². The van der Waals surface area contributed by atoms with Crippen molar-refractivity contribution in [3.63, 3.8) is 0 Å². The first-order valence-electron chi connectivity index (χ1n) is 9.80. The molecule has 1 amide bonds. The zero-order chi connectivity index (χ0) is 21.5. The van der Waals surface area contributed by atoms with Gasteiger partial charge in [0.05, 0.1) is 10.6 Å². The van der Waals surface area contributed by atoms with Crippen LogP contribution in [0.15, 0.2) is 65.1 Å². The smallest absolute Gasteiger partial charge is 0.255 e. The second-order valence-corrected chi connectivity index (χ2v) is 8.87. The summed E-state index contributed by atoms with van der Waals surface area (Å²) in [4.78, 5) is 17.2. The van der Waals surface area contributed by atoms with E-state index in [0.717, 1.165) is 11.1 Å². The van der Waals surface area contributed by atoms with Crippen molar-refractivity contribution in [1.29, 1.82) is 0 Å². The molecular formula is C25H23ClN2O2. The number of carbonyl (C=O) groups is 1. The maximum Gasteiger partial charge on any atom is 0.255 e. The molecule has 5 heteroatoms. The van der Waals surface area contributed by atoms with Gasteiger partial charge < -0.3 is 9.73 Å². The topological polar surface area (TPSA) is 55.1 Å². The molecule has 0 spiro atoms. The number of hydrogen-bond acceptors (Lipinski definition) is 3. The van der Waals surface area contributed by atoms with Crippen LogP contribution in [0.4, 0.5) is 5.69 Å². The normalized spacial score (nSPS) is 11.6. The second kappa shape index (κ2) is 7.62. The van der Waals surface area contributed by atoms with Crippen molar-refractivity contribution in [1.82, 2.24) is 4.98 Å². The Labute approximate surface area is 180 Å². The molecule has 4 aromatic rings. The number of carbonyl (C=O) groups excluding carboxylic acids is 1. The summed E-state index contributed by atoms with van der Waals surface area (Å²) >= 11 is 6.31. The lowest BCUT2D eigenvalue weighted by Gasteiger charge is -2.19. The van der Waals surface area contributed by atoms with Crippen LogP contribution in [0.1, 0.15) is 42.3 Å². The lowest BCUT2D eigenvalue weighted by Crippen LogP contribution is -2.14. The fourth-order valence-electron chi connectivity index (χ4n) is 3.25. The van der Waals surface area contributed by atoms with Crippen LogP contribution in [-0.4, -0.2) is 10.9 Å². The monoisotopic (exact) mass is 418 g/mol. The number of halogens is 1. The number of amides is 1. The second-order valence-electron chi connectivity index (χ2n) is 8.47. The van der Waals surface area contributed by atoms with Crippen LogP contribution < -0.4 is 5.32 Å². The minimum absolute atomic E-state index is 0.0465. The van der Waals surface area contributed by atoms with Crippen LogP contribution in [0.3, 0.4) is 0 Å². The lowest BCUT2D eigenvalue weighted by atomic mass is 9.87. The van der Waals surface area contributed by atoms with Crippen LogP contribution in [0, 0.1) is 6.92 Å². The Kier molecular flexibility index (Phi) is 5.12. The molecule has 3 aromatic carbocycles. The van der Waals surface area contributed by atoms with E-state index in [9.17, 15) is 4.79 Å². The molecule has 4 rings (SSSR count). The maximum absolute atomic E-state index is 12.6. The van der Waals surface area contributed by atoms with Gasteiger partial charge in [0.15, 0.2) is 5.58 Å². The summed E-state index contributed by atoms with van der Waals surface area (Å²) in [6.07, 6.45) is 0. The van der Waals surface area contributed by atoms with Crippen molar-refractivity contribution in [3.8, 4) is 11.5 Å². The van der Waals surface area contributed by atoms with E-state index in [-0.39, 0.29) is 11.3 Å². The van der Waals surface area contributed by atoms with Crippen LogP contribution in [0.5, 0.6) is 0 Å². The van der Waals surface area contributed by atoms with Gasteiger partial charge in [-0.1, -0.05) is 56.1 Å². The molecular weight excluding hydrogens is 396 g/mol. The maximum atomic E-state index is 12.6. The molecule has 0 saturated carbocycles. The fraction of sp³-hybridized carbons (Fsp3) is 0.200. The third-order valence-electron chi connectivity index (χ3n) is 5.01. The molecule has 0 fully saturated rings. The largest absolute Gasteiger partial charge is 0.436 e. The molecule has 0 aliphatic rings. The van der Waals surface area contributed by atoms with E-state index in [1.807, 2.05) is 49.4 Å². The number of nitrogens with zero attached hydrogens (tertiary/aromatic N) is 1. The summed E-state index contributed by atoms with van der Waals surface area (Å²) in [7, 11) is 0. The Bertz CT molecular complexity index is 1230. The van der Waals surface area contributed by atoms with E-state index >= 15 is 0 Å². The number of nitrogens with one attached hydrogen (secondary N) is 1. The van der Waals surface area contributed by atoms with Gasteiger partial charge in [-0.2, -0.15) is 0 Å². The van der Waals surface area contributed by atoms with Gasteiger partial charge in [0.2, 0.25) is 5.89 Å². The van der Waals surface area contributed by atoms with Gasteiger partial charge in [-0.15, -0.1) is 0 Å². The highest BCUT2D eigenvalue weighted by Gasteiger charge is 2.15. The summed E-state index contributed by atoms with van der Waals surface area (Å²) in [5, 5.41) is 3.51. The summed E-state index contributed by atoms with van der Waals surface area (Å²) < 4.78 is 5.87. The first-order chi connectivity index (χ1) is 14.2. The van der Waals surface area contributed by atoms with Gasteiger partial charge in [-0.3, -0.25) is 4.79 Å². The van der Waals surface area contributed by atoms with Crippen molar-refractivity contribution in [2.24, 2.45) is 0 Å². The molecule has 0 saturated heterocycles. The zero-order valence-corrected chi connectivity index (χ0v) is 18.2. The highest BCUT2D eigenvalue weighted by molar-refractivity contribution is 6.33. The molecule has 0 aliphatic heterocycles. The number of benzene rings is 3. The number of aryl methyl sites for hydroxylation is 1. The number of aromatic nitrogens is 1. The predicted molar refractivity (Wildman–Crippen MR) is 122 cm³/mol. The molecule has 1 N–H and O–H groups in total. The molecule has 1 heterocycles. The number of oxazole rings is 1. The minimum atomic E-state index is -0.166. The van der Waals surface area contributed by atoms with Crippen molar-refractivity contribution >= 4 is 34.3 Å². The van der Waals surface area contributed by atoms with Gasteiger partial charge in [0, 0.05) is 11.3 Å². The van der Waals surface area contributed by atoms with E-state index in [1.165, 1.54) is 5.56 Å². The minimum Gasteiger partial charge on any atom is -0.436 e. The van der Waals surface area contributed by atoms with E-state index in [4.69, 9.17) is 16.0 Å². The van der Waals surface area contributed by atoms with Gasteiger partial charge in [0.1, 0.15) is 5.52 Å². The van der Waals surface area contributed by atoms with Gasteiger partial charge in [0.25, 0.3) is 5.91 Å². The first-order valence-corrected chi connectivity index (χ1v) is 10.2. The number of hydrogen-bond donors (Lipinski definition) is 1. The van der Waals surface area contributed by atoms with Crippen LogP contribution in [-0.2, 0) is 5.41 Å². The van der Waals surface area contributed by atoms with E-state index in [1.54, 1.807) is 18.2 Å². The van der Waals surface area contributed by atoms with Crippen LogP contribution in [0.2, 0.25) is 5.02 Å². The Morgan fingerprint density at radius 3 is 2.43 bits per heavy atom. The van der Waals surface area contributed by atoms with E-state index < -0.39 is 0 Å². The highest BCUT2D eigenvalue weighted by atomic mass is 35.5. The third-order valence-corrected chi connectivity index (χ3v) is 5.34. The molecule has 152 valence electrons. The van der Waals surface area contributed by atoms with Crippen molar-refractivity contribution in [3.05, 3.63) is 82.4 Å². The molecule has 1 aromatic heterocycles. The van der Waals surface area contributed by atoms with Crippen molar-refractivity contribution in [2.45, 2.75) is 33.1 Å².